The van der Waals surface area contributed by atoms with Gasteiger partial charge in [0.25, 0.3) is 5.56 Å². The molecule has 6 nitrogen and oxygen atoms in total. The van der Waals surface area contributed by atoms with E-state index in [1.54, 1.807) is 4.90 Å². The molecule has 0 bridgehead atoms. The van der Waals surface area contributed by atoms with Gasteiger partial charge in [-0.25, -0.2) is 4.79 Å². The summed E-state index contributed by atoms with van der Waals surface area (Å²) in [7, 11) is 0. The highest BCUT2D eigenvalue weighted by Crippen LogP contribution is 2.33. The summed E-state index contributed by atoms with van der Waals surface area (Å²) in [6.07, 6.45) is 0.360. The predicted molar refractivity (Wildman–Crippen MR) is 66.2 cm³/mol. The first-order chi connectivity index (χ1) is 8.33. The van der Waals surface area contributed by atoms with Gasteiger partial charge in [0.05, 0.1) is 23.8 Å². The monoisotopic (exact) mass is 253 g/mol. The fraction of sp³-hybridized carbons (Fsp3) is 0.667. The fourth-order valence-corrected chi connectivity index (χ4v) is 2.21. The molecule has 6 heteroatoms. The number of fused-ring (bicyclic) bond motifs is 1. The molecule has 0 spiro atoms. The van der Waals surface area contributed by atoms with Gasteiger partial charge in [-0.3, -0.25) is 19.9 Å². The van der Waals surface area contributed by atoms with Gasteiger partial charge < -0.3 is 4.74 Å². The van der Waals surface area contributed by atoms with E-state index in [4.69, 9.17) is 4.74 Å². The van der Waals surface area contributed by atoms with Crippen LogP contribution in [0.2, 0.25) is 0 Å². The number of carbonyl (C=O) groups excluding carboxylic acids is 1. The van der Waals surface area contributed by atoms with Crippen molar-refractivity contribution in [3.63, 3.8) is 0 Å². The highest BCUT2D eigenvalue weighted by molar-refractivity contribution is 5.70. The van der Waals surface area contributed by atoms with E-state index in [1.165, 1.54) is 0 Å². The van der Waals surface area contributed by atoms with Gasteiger partial charge in [-0.2, -0.15) is 0 Å². The van der Waals surface area contributed by atoms with Crippen molar-refractivity contribution in [2.24, 2.45) is 0 Å². The van der Waals surface area contributed by atoms with Crippen molar-refractivity contribution in [2.45, 2.75) is 52.3 Å². The second-order valence-electron chi connectivity index (χ2n) is 5.50. The Labute approximate surface area is 105 Å². The molecule has 1 aliphatic heterocycles. The van der Waals surface area contributed by atoms with E-state index in [2.05, 4.69) is 10.2 Å². The largest absolute Gasteiger partial charge is 0.444 e. The first-order valence-corrected chi connectivity index (χ1v) is 6.12. The maximum absolute atomic E-state index is 12.1. The summed E-state index contributed by atoms with van der Waals surface area (Å²) in [5.74, 6) is 0. The summed E-state index contributed by atoms with van der Waals surface area (Å²) >= 11 is 0. The average molecular weight is 253 g/mol. The number of carbonyl (C=O) groups is 1. The molecule has 1 aromatic rings. The van der Waals surface area contributed by atoms with Crippen LogP contribution in [0.1, 0.15) is 51.4 Å². The molecule has 2 rings (SSSR count). The third-order valence-corrected chi connectivity index (χ3v) is 2.96. The SMILES string of the molecule is CCC1c2[nH][nH]c(=O)c2CN1C(=O)OC(C)(C)C. The van der Waals surface area contributed by atoms with Crippen LogP contribution in [0, 0.1) is 0 Å². The minimum Gasteiger partial charge on any atom is -0.444 e. The number of amides is 1. The minimum absolute atomic E-state index is 0.117. The molecule has 2 heterocycles. The molecule has 0 aromatic carbocycles. The van der Waals surface area contributed by atoms with Crippen molar-refractivity contribution in [2.75, 3.05) is 0 Å². The molecule has 0 aliphatic carbocycles. The second kappa shape index (κ2) is 4.19. The van der Waals surface area contributed by atoms with Gasteiger partial charge >= 0.3 is 6.09 Å². The van der Waals surface area contributed by atoms with Crippen molar-refractivity contribution in [1.82, 2.24) is 15.1 Å². The zero-order valence-electron chi connectivity index (χ0n) is 11.2. The van der Waals surface area contributed by atoms with E-state index in [9.17, 15) is 9.59 Å². The summed E-state index contributed by atoms with van der Waals surface area (Å²) in [4.78, 5) is 25.2. The molecular formula is C12H19N3O3. The van der Waals surface area contributed by atoms with Crippen LogP contribution in [0.3, 0.4) is 0 Å². The molecule has 18 heavy (non-hydrogen) atoms. The van der Waals surface area contributed by atoms with Crippen LogP contribution in [0.4, 0.5) is 4.79 Å². The van der Waals surface area contributed by atoms with Crippen LogP contribution in [0.25, 0.3) is 0 Å². The van der Waals surface area contributed by atoms with E-state index >= 15 is 0 Å². The number of hydrogen-bond acceptors (Lipinski definition) is 3. The maximum atomic E-state index is 12.1. The topological polar surface area (TPSA) is 78.2 Å². The summed E-state index contributed by atoms with van der Waals surface area (Å²) in [6, 6.07) is -0.117. The number of aromatic nitrogens is 2. The van der Waals surface area contributed by atoms with Crippen molar-refractivity contribution in [3.05, 3.63) is 21.6 Å². The van der Waals surface area contributed by atoms with Gasteiger partial charge in [-0.15, -0.1) is 0 Å². The van der Waals surface area contributed by atoms with E-state index in [1.807, 2.05) is 27.7 Å². The number of H-pyrrole nitrogens is 2. The molecule has 1 atom stereocenters. The zero-order valence-corrected chi connectivity index (χ0v) is 11.2. The van der Waals surface area contributed by atoms with Crippen molar-refractivity contribution >= 4 is 6.09 Å². The van der Waals surface area contributed by atoms with Gasteiger partial charge in [0.15, 0.2) is 0 Å². The van der Waals surface area contributed by atoms with Crippen LogP contribution < -0.4 is 5.56 Å². The summed E-state index contributed by atoms with van der Waals surface area (Å²) < 4.78 is 5.36. The molecule has 1 aliphatic rings. The van der Waals surface area contributed by atoms with Crippen LogP contribution in [-0.2, 0) is 11.3 Å². The number of nitrogens with zero attached hydrogens (tertiary/aromatic N) is 1. The number of nitrogens with one attached hydrogen (secondary N) is 2. The number of hydrogen-bond donors (Lipinski definition) is 2. The van der Waals surface area contributed by atoms with Crippen molar-refractivity contribution < 1.29 is 9.53 Å². The standard InChI is InChI=1S/C12H19N3O3/c1-5-8-9-7(10(16)14-13-9)6-15(8)11(17)18-12(2,3)4/h8H,5-6H2,1-4H3,(H2,13,14,16). The Morgan fingerprint density at radius 1 is 1.44 bits per heavy atom. The normalized spacial score (nSPS) is 18.9. The van der Waals surface area contributed by atoms with Gasteiger partial charge in [-0.05, 0) is 27.2 Å². The van der Waals surface area contributed by atoms with Crippen molar-refractivity contribution in [1.29, 1.82) is 0 Å². The third kappa shape index (κ3) is 2.14. The summed E-state index contributed by atoms with van der Waals surface area (Å²) in [5.41, 5.74) is 0.744. The molecule has 0 saturated carbocycles. The first-order valence-electron chi connectivity index (χ1n) is 6.12. The highest BCUT2D eigenvalue weighted by Gasteiger charge is 2.37. The lowest BCUT2D eigenvalue weighted by molar-refractivity contribution is 0.0164. The van der Waals surface area contributed by atoms with Gasteiger partial charge in [-0.1, -0.05) is 6.92 Å². The van der Waals surface area contributed by atoms with Gasteiger partial charge in [0.2, 0.25) is 0 Å². The Bertz CT molecular complexity index is 509. The Kier molecular flexibility index (Phi) is 2.96. The second-order valence-corrected chi connectivity index (χ2v) is 5.50. The fourth-order valence-electron chi connectivity index (χ4n) is 2.21. The van der Waals surface area contributed by atoms with Crippen LogP contribution in [0.5, 0.6) is 0 Å². The van der Waals surface area contributed by atoms with E-state index in [0.29, 0.717) is 12.1 Å². The minimum atomic E-state index is -0.530. The van der Waals surface area contributed by atoms with Crippen LogP contribution in [0.15, 0.2) is 4.79 Å². The van der Waals surface area contributed by atoms with E-state index in [0.717, 1.165) is 12.1 Å². The lowest BCUT2D eigenvalue weighted by atomic mass is 10.1. The highest BCUT2D eigenvalue weighted by atomic mass is 16.6. The number of aromatic amines is 2. The molecule has 0 saturated heterocycles. The molecular weight excluding hydrogens is 234 g/mol. The molecule has 2 N–H and O–H groups in total. The summed E-state index contributed by atoms with van der Waals surface area (Å²) in [5, 5.41) is 5.40. The first kappa shape index (κ1) is 12.7. The Hall–Kier alpha value is -1.72. The molecule has 0 fully saturated rings. The van der Waals surface area contributed by atoms with Gasteiger partial charge in [0, 0.05) is 0 Å². The lowest BCUT2D eigenvalue weighted by Gasteiger charge is -2.28. The number of ether oxygens (including phenoxy) is 1. The Balaban J connectivity index is 2.22. The van der Waals surface area contributed by atoms with Crippen molar-refractivity contribution in [3.8, 4) is 0 Å². The lowest BCUT2D eigenvalue weighted by Crippen LogP contribution is -2.36. The van der Waals surface area contributed by atoms with Gasteiger partial charge in [0.1, 0.15) is 5.60 Å². The zero-order chi connectivity index (χ0) is 13.5. The average Bonchev–Trinajstić information content (AvgIpc) is 2.76. The molecule has 1 unspecified atom stereocenters. The van der Waals surface area contributed by atoms with Crippen LogP contribution in [-0.4, -0.2) is 26.8 Å². The quantitative estimate of drug-likeness (QED) is 0.802. The Morgan fingerprint density at radius 3 is 2.67 bits per heavy atom. The van der Waals surface area contributed by atoms with Crippen LogP contribution >= 0.6 is 0 Å². The predicted octanol–water partition coefficient (Wildman–Crippen LogP) is 1.90. The van der Waals surface area contributed by atoms with E-state index in [-0.39, 0.29) is 17.7 Å². The Morgan fingerprint density at radius 2 is 2.11 bits per heavy atom. The molecule has 1 amide bonds. The van der Waals surface area contributed by atoms with E-state index < -0.39 is 5.60 Å². The summed E-state index contributed by atoms with van der Waals surface area (Å²) in [6.45, 7) is 7.76. The smallest absolute Gasteiger partial charge is 0.411 e. The third-order valence-electron chi connectivity index (χ3n) is 2.96. The number of rotatable bonds is 1. The molecule has 100 valence electrons. The molecule has 1 aromatic heterocycles. The molecule has 0 radical (unpaired) electrons. The maximum Gasteiger partial charge on any atom is 0.411 e.